The molecule has 3 amide bonds. The van der Waals surface area contributed by atoms with Gasteiger partial charge in [0.15, 0.2) is 0 Å². The van der Waals surface area contributed by atoms with Gasteiger partial charge in [0.2, 0.25) is 11.8 Å². The molecule has 2 N–H and O–H groups in total. The van der Waals surface area contributed by atoms with Gasteiger partial charge in [-0.05, 0) is 75.8 Å². The SMILES string of the molecule is C=CCCC(=O)N[C@H](COC)[C@H](OC(=O)[C@@H]1[C@@H]2CC[C@]3(O2)[C@H](C(=O)N(CC=C)c2ccc(N(CC)CC)cc2)N(CCCCCCO)C(=O)[C@@H]13)c1ccccc1. The molecule has 0 aliphatic carbocycles. The van der Waals surface area contributed by atoms with Gasteiger partial charge in [-0.1, -0.05) is 55.3 Å². The molecule has 2 aromatic rings. The number of nitrogens with zero attached hydrogens (tertiary/aromatic N) is 3. The number of hydrogen-bond donors (Lipinski definition) is 2. The van der Waals surface area contributed by atoms with Gasteiger partial charge in [-0.3, -0.25) is 19.2 Å². The van der Waals surface area contributed by atoms with E-state index in [-0.39, 0.29) is 43.9 Å². The monoisotopic (exact) mass is 772 g/mol. The summed E-state index contributed by atoms with van der Waals surface area (Å²) < 4.78 is 18.6. The third-order valence-corrected chi connectivity index (χ3v) is 11.5. The summed E-state index contributed by atoms with van der Waals surface area (Å²) in [6.45, 7) is 14.2. The van der Waals surface area contributed by atoms with Crippen molar-refractivity contribution in [3.05, 3.63) is 85.5 Å². The third-order valence-electron chi connectivity index (χ3n) is 11.5. The van der Waals surface area contributed by atoms with Crippen LogP contribution in [0.5, 0.6) is 0 Å². The van der Waals surface area contributed by atoms with Crippen molar-refractivity contribution in [2.75, 3.05) is 56.3 Å². The maximum atomic E-state index is 15.0. The molecule has 2 aromatic carbocycles. The van der Waals surface area contributed by atoms with Crippen molar-refractivity contribution >= 4 is 35.1 Å². The van der Waals surface area contributed by atoms with Crippen LogP contribution in [0, 0.1) is 11.8 Å². The number of aliphatic hydroxyl groups excluding tert-OH is 1. The van der Waals surface area contributed by atoms with Gasteiger partial charge < -0.3 is 39.3 Å². The number of aliphatic hydroxyl groups is 1. The van der Waals surface area contributed by atoms with Crippen LogP contribution >= 0.6 is 0 Å². The minimum Gasteiger partial charge on any atom is -0.455 e. The van der Waals surface area contributed by atoms with E-state index in [1.165, 1.54) is 7.11 Å². The van der Waals surface area contributed by atoms with Crippen LogP contribution < -0.4 is 15.1 Å². The van der Waals surface area contributed by atoms with Crippen LogP contribution in [0.4, 0.5) is 11.4 Å². The Kier molecular flexibility index (Phi) is 15.3. The largest absolute Gasteiger partial charge is 0.455 e. The summed E-state index contributed by atoms with van der Waals surface area (Å²) in [5.74, 6) is -3.33. The zero-order chi connectivity index (χ0) is 40.2. The molecule has 7 atom stereocenters. The summed E-state index contributed by atoms with van der Waals surface area (Å²) in [5.41, 5.74) is 1.14. The molecule has 0 saturated carbocycles. The number of anilines is 2. The highest BCUT2D eigenvalue weighted by Crippen LogP contribution is 2.59. The summed E-state index contributed by atoms with van der Waals surface area (Å²) in [6.07, 6.45) is 6.22. The van der Waals surface area contributed by atoms with Crippen LogP contribution in [0.2, 0.25) is 0 Å². The Morgan fingerprint density at radius 2 is 1.71 bits per heavy atom. The number of amides is 3. The molecule has 304 valence electrons. The fourth-order valence-electron chi connectivity index (χ4n) is 8.85. The Hall–Kier alpha value is -4.52. The predicted octanol–water partition coefficient (Wildman–Crippen LogP) is 5.36. The van der Waals surface area contributed by atoms with Gasteiger partial charge >= 0.3 is 5.97 Å². The van der Waals surface area contributed by atoms with E-state index < -0.39 is 47.7 Å². The number of unbranched alkanes of at least 4 members (excludes halogenated alkanes) is 3. The van der Waals surface area contributed by atoms with Crippen molar-refractivity contribution in [3.8, 4) is 0 Å². The predicted molar refractivity (Wildman–Crippen MR) is 216 cm³/mol. The number of hydrogen-bond acceptors (Lipinski definition) is 9. The van der Waals surface area contributed by atoms with Crippen LogP contribution in [0.15, 0.2) is 79.9 Å². The van der Waals surface area contributed by atoms with Crippen LogP contribution in [0.3, 0.4) is 0 Å². The van der Waals surface area contributed by atoms with E-state index in [9.17, 15) is 19.5 Å². The van der Waals surface area contributed by atoms with Gasteiger partial charge in [0, 0.05) is 57.7 Å². The number of allylic oxidation sites excluding steroid dienone is 1. The molecule has 3 aliphatic heterocycles. The Morgan fingerprint density at radius 3 is 2.36 bits per heavy atom. The van der Waals surface area contributed by atoms with Crippen LogP contribution in [0.1, 0.15) is 76.9 Å². The maximum absolute atomic E-state index is 15.0. The number of carbonyl (C=O) groups is 4. The standard InChI is InChI=1S/C44H60N4O8/c1-6-10-20-36(50)45-34(30-54-5)39(31-18-14-13-15-19-31)55-43(53)37-35-25-26-44(56-35)38(37)41(51)48(28-16-11-12-17-29-49)40(44)42(52)47(27-7-2)33-23-21-32(22-24-33)46(8-3)9-4/h6-7,13-15,18-19,21-24,34-35,37-40,49H,1-2,8-12,16-17,20,25-30H2,3-5H3,(H,45,50)/t34-,35+,37-,38-,39-,40+,44-/m1/s1. The maximum Gasteiger partial charge on any atom is 0.313 e. The lowest BCUT2D eigenvalue weighted by molar-refractivity contribution is -0.163. The number of esters is 1. The average molecular weight is 773 g/mol. The van der Waals surface area contributed by atoms with Crippen molar-refractivity contribution in [2.24, 2.45) is 11.8 Å². The van der Waals surface area contributed by atoms with Crippen LogP contribution in [-0.4, -0.2) is 104 Å². The number of nitrogens with one attached hydrogen (secondary N) is 1. The van der Waals surface area contributed by atoms with Crippen molar-refractivity contribution in [3.63, 3.8) is 0 Å². The summed E-state index contributed by atoms with van der Waals surface area (Å²) in [5, 5.41) is 12.3. The molecular formula is C44H60N4O8. The second kappa shape index (κ2) is 20.1. The average Bonchev–Trinajstić information content (AvgIpc) is 3.86. The molecule has 3 aliphatic rings. The summed E-state index contributed by atoms with van der Waals surface area (Å²) in [4.78, 5) is 62.9. The second-order valence-corrected chi connectivity index (χ2v) is 14.9. The first-order chi connectivity index (χ1) is 27.2. The number of likely N-dealkylation sites (tertiary alicyclic amines) is 1. The molecule has 3 saturated heterocycles. The molecule has 0 unspecified atom stereocenters. The van der Waals surface area contributed by atoms with Gasteiger partial charge in [0.05, 0.1) is 30.6 Å². The molecule has 3 fully saturated rings. The smallest absolute Gasteiger partial charge is 0.313 e. The molecule has 0 radical (unpaired) electrons. The van der Waals surface area contributed by atoms with Gasteiger partial charge in [-0.15, -0.1) is 13.2 Å². The lowest BCUT2D eigenvalue weighted by atomic mass is 9.70. The van der Waals surface area contributed by atoms with Gasteiger partial charge in [0.1, 0.15) is 17.7 Å². The van der Waals surface area contributed by atoms with Gasteiger partial charge in [0.25, 0.3) is 5.91 Å². The van der Waals surface area contributed by atoms with Crippen molar-refractivity contribution in [1.82, 2.24) is 10.2 Å². The molecule has 0 aromatic heterocycles. The Labute approximate surface area is 331 Å². The zero-order valence-electron chi connectivity index (χ0n) is 33.3. The molecule has 5 rings (SSSR count). The highest BCUT2D eigenvalue weighted by molar-refractivity contribution is 6.04. The Balaban J connectivity index is 1.48. The molecule has 2 bridgehead atoms. The van der Waals surface area contributed by atoms with E-state index in [1.807, 2.05) is 54.6 Å². The van der Waals surface area contributed by atoms with Gasteiger partial charge in [-0.25, -0.2) is 0 Å². The lowest BCUT2D eigenvalue weighted by Crippen LogP contribution is -2.56. The summed E-state index contributed by atoms with van der Waals surface area (Å²) >= 11 is 0. The third kappa shape index (κ3) is 9.03. The Morgan fingerprint density at radius 1 is 1.02 bits per heavy atom. The first kappa shape index (κ1) is 42.6. The number of carbonyl (C=O) groups excluding carboxylic acids is 4. The highest BCUT2D eigenvalue weighted by Gasteiger charge is 2.75. The molecule has 12 heteroatoms. The van der Waals surface area contributed by atoms with E-state index in [0.29, 0.717) is 49.9 Å². The lowest BCUT2D eigenvalue weighted by Gasteiger charge is -2.37. The summed E-state index contributed by atoms with van der Waals surface area (Å²) in [7, 11) is 1.52. The van der Waals surface area contributed by atoms with E-state index in [4.69, 9.17) is 14.2 Å². The number of ether oxygens (including phenoxy) is 3. The molecule has 1 spiro atoms. The van der Waals surface area contributed by atoms with Gasteiger partial charge in [-0.2, -0.15) is 0 Å². The fraction of sp³-hybridized carbons (Fsp3) is 0.545. The Bertz CT molecular complexity index is 1650. The number of fused-ring (bicyclic) bond motifs is 1. The van der Waals surface area contributed by atoms with Crippen LogP contribution in [0.25, 0.3) is 0 Å². The topological polar surface area (TPSA) is 138 Å². The molecule has 12 nitrogen and oxygen atoms in total. The molecular weight excluding hydrogens is 713 g/mol. The van der Waals surface area contributed by atoms with Crippen molar-refractivity contribution in [1.29, 1.82) is 0 Å². The van der Waals surface area contributed by atoms with Crippen molar-refractivity contribution in [2.45, 2.75) is 95.1 Å². The first-order valence-corrected chi connectivity index (χ1v) is 20.2. The fourth-order valence-corrected chi connectivity index (χ4v) is 8.85. The highest BCUT2D eigenvalue weighted by atomic mass is 16.6. The minimum absolute atomic E-state index is 0.0687. The van der Waals surface area contributed by atoms with Crippen molar-refractivity contribution < 1.29 is 38.5 Å². The zero-order valence-corrected chi connectivity index (χ0v) is 33.3. The number of methoxy groups -OCH3 is 1. The quantitative estimate of drug-likeness (QED) is 0.0869. The molecule has 3 heterocycles. The van der Waals surface area contributed by atoms with E-state index in [2.05, 4.69) is 37.2 Å². The normalized spacial score (nSPS) is 23.3. The number of benzene rings is 2. The molecule has 56 heavy (non-hydrogen) atoms. The first-order valence-electron chi connectivity index (χ1n) is 20.2. The number of rotatable bonds is 23. The van der Waals surface area contributed by atoms with E-state index in [0.717, 1.165) is 31.6 Å². The van der Waals surface area contributed by atoms with E-state index in [1.54, 1.807) is 22.0 Å². The summed E-state index contributed by atoms with van der Waals surface area (Å²) in [6, 6.07) is 15.3. The minimum atomic E-state index is -1.23. The van der Waals surface area contributed by atoms with E-state index >= 15 is 4.79 Å². The second-order valence-electron chi connectivity index (χ2n) is 14.9. The van der Waals surface area contributed by atoms with Crippen LogP contribution in [-0.2, 0) is 33.4 Å².